The lowest BCUT2D eigenvalue weighted by molar-refractivity contribution is 0.0975. The summed E-state index contributed by atoms with van der Waals surface area (Å²) in [6.07, 6.45) is 0.761. The highest BCUT2D eigenvalue weighted by Gasteiger charge is 2.15. The Kier molecular flexibility index (Phi) is 6.12. The Morgan fingerprint density at radius 3 is 2.71 bits per heavy atom. The minimum absolute atomic E-state index is 0.158. The molecule has 0 aliphatic heterocycles. The number of carbonyl (C=O) groups is 1. The number of amides is 1. The van der Waals surface area contributed by atoms with Crippen molar-refractivity contribution in [1.82, 2.24) is 25.1 Å². The first-order valence-corrected chi connectivity index (χ1v) is 10.9. The molecule has 0 unspecified atom stereocenters. The number of anilines is 1. The van der Waals surface area contributed by atoms with Gasteiger partial charge >= 0.3 is 0 Å². The van der Waals surface area contributed by atoms with Crippen LogP contribution in [0.15, 0.2) is 42.5 Å². The summed E-state index contributed by atoms with van der Waals surface area (Å²) in [5.41, 5.74) is 1.97. The number of halogens is 1. The average molecular weight is 473 g/mol. The van der Waals surface area contributed by atoms with Crippen LogP contribution < -0.4 is 15.4 Å². The van der Waals surface area contributed by atoms with Crippen LogP contribution >= 0.6 is 35.2 Å². The molecule has 31 heavy (non-hydrogen) atoms. The Labute approximate surface area is 192 Å². The van der Waals surface area contributed by atoms with Gasteiger partial charge in [-0.3, -0.25) is 10.1 Å². The van der Waals surface area contributed by atoms with Gasteiger partial charge in [0.15, 0.2) is 10.9 Å². The average Bonchev–Trinajstić information content (AvgIpc) is 3.35. The molecule has 0 fully saturated rings. The maximum Gasteiger partial charge on any atom is 0.261 e. The number of rotatable bonds is 5. The van der Waals surface area contributed by atoms with Gasteiger partial charge in [-0.05, 0) is 54.7 Å². The molecule has 0 atom stereocenters. The van der Waals surface area contributed by atoms with Crippen LogP contribution in [-0.2, 0) is 6.42 Å². The van der Waals surface area contributed by atoms with E-state index in [0.717, 1.165) is 33.5 Å². The largest absolute Gasteiger partial charge is 0.496 e. The third kappa shape index (κ3) is 4.50. The zero-order valence-electron chi connectivity index (χ0n) is 16.5. The van der Waals surface area contributed by atoms with E-state index in [1.54, 1.807) is 16.6 Å². The quantitative estimate of drug-likeness (QED) is 0.420. The summed E-state index contributed by atoms with van der Waals surface area (Å²) in [6.45, 7) is 2.01. The van der Waals surface area contributed by atoms with E-state index < -0.39 is 5.91 Å². The summed E-state index contributed by atoms with van der Waals surface area (Å²) in [7, 11) is 1.48. The van der Waals surface area contributed by atoms with E-state index in [1.807, 2.05) is 31.2 Å². The van der Waals surface area contributed by atoms with Gasteiger partial charge in [0.25, 0.3) is 5.91 Å². The monoisotopic (exact) mass is 472 g/mol. The van der Waals surface area contributed by atoms with Crippen molar-refractivity contribution in [1.29, 1.82) is 0 Å². The molecule has 0 saturated carbocycles. The molecule has 0 bridgehead atoms. The molecule has 11 heteroatoms. The molecule has 0 spiro atoms. The van der Waals surface area contributed by atoms with Gasteiger partial charge in [0.05, 0.1) is 12.7 Å². The SMILES string of the molecule is CCc1nnc2sc(-c3ccc(NC(=S)NC(=O)c4cc(Cl)ccc4OC)cc3)nn12. The molecule has 0 radical (unpaired) electrons. The summed E-state index contributed by atoms with van der Waals surface area (Å²) in [6, 6.07) is 12.4. The lowest BCUT2D eigenvalue weighted by Crippen LogP contribution is -2.34. The lowest BCUT2D eigenvalue weighted by atomic mass is 10.2. The minimum Gasteiger partial charge on any atom is -0.496 e. The Morgan fingerprint density at radius 1 is 1.23 bits per heavy atom. The zero-order chi connectivity index (χ0) is 22.0. The first kappa shape index (κ1) is 21.2. The molecular formula is C20H17ClN6O2S2. The summed E-state index contributed by atoms with van der Waals surface area (Å²) < 4.78 is 6.97. The summed E-state index contributed by atoms with van der Waals surface area (Å²) in [5, 5.41) is 19.9. The number of nitrogens with one attached hydrogen (secondary N) is 2. The van der Waals surface area contributed by atoms with Crippen molar-refractivity contribution in [2.45, 2.75) is 13.3 Å². The molecule has 0 saturated heterocycles. The molecule has 1 amide bonds. The highest BCUT2D eigenvalue weighted by Crippen LogP contribution is 2.27. The number of benzene rings is 2. The molecular weight excluding hydrogens is 456 g/mol. The number of thiocarbonyl (C=S) groups is 1. The number of hydrogen-bond donors (Lipinski definition) is 2. The van der Waals surface area contributed by atoms with Crippen LogP contribution in [-0.4, -0.2) is 37.9 Å². The second-order valence-electron chi connectivity index (χ2n) is 6.40. The number of hydrogen-bond acceptors (Lipinski definition) is 7. The van der Waals surface area contributed by atoms with Crippen molar-refractivity contribution in [3.05, 3.63) is 58.9 Å². The second-order valence-corrected chi connectivity index (χ2v) is 8.20. The van der Waals surface area contributed by atoms with Gasteiger partial charge in [-0.1, -0.05) is 29.9 Å². The van der Waals surface area contributed by atoms with Crippen LogP contribution in [0.25, 0.3) is 15.5 Å². The van der Waals surface area contributed by atoms with Crippen LogP contribution in [0.5, 0.6) is 5.75 Å². The second kappa shape index (κ2) is 8.96. The first-order chi connectivity index (χ1) is 15.0. The van der Waals surface area contributed by atoms with Crippen LogP contribution in [0.2, 0.25) is 5.02 Å². The van der Waals surface area contributed by atoms with Gasteiger partial charge in [0.2, 0.25) is 4.96 Å². The van der Waals surface area contributed by atoms with E-state index in [2.05, 4.69) is 25.9 Å². The topological polar surface area (TPSA) is 93.4 Å². The minimum atomic E-state index is -0.417. The first-order valence-electron chi connectivity index (χ1n) is 9.26. The van der Waals surface area contributed by atoms with E-state index in [1.165, 1.54) is 24.5 Å². The van der Waals surface area contributed by atoms with Gasteiger partial charge in [-0.2, -0.15) is 9.61 Å². The number of fused-ring (bicyclic) bond motifs is 1. The standard InChI is InChI=1S/C20H17ClN6O2S2/c1-3-16-24-25-20-27(16)26-18(31-20)11-4-7-13(8-5-11)22-19(30)23-17(28)14-10-12(21)6-9-15(14)29-2/h4-10H,3H2,1-2H3,(H2,22,23,28,30). The third-order valence-electron chi connectivity index (χ3n) is 4.39. The van der Waals surface area contributed by atoms with Crippen LogP contribution in [0, 0.1) is 0 Å². The van der Waals surface area contributed by atoms with Crippen molar-refractivity contribution in [3.8, 4) is 16.3 Å². The molecule has 2 aromatic carbocycles. The van der Waals surface area contributed by atoms with E-state index in [4.69, 9.17) is 28.6 Å². The summed E-state index contributed by atoms with van der Waals surface area (Å²) >= 11 is 12.7. The number of nitrogens with zero attached hydrogens (tertiary/aromatic N) is 4. The summed E-state index contributed by atoms with van der Waals surface area (Å²) in [5.74, 6) is 0.818. The lowest BCUT2D eigenvalue weighted by Gasteiger charge is -2.12. The predicted octanol–water partition coefficient (Wildman–Crippen LogP) is 4.20. The number of carbonyl (C=O) groups excluding carboxylic acids is 1. The van der Waals surface area contributed by atoms with Crippen LogP contribution in [0.1, 0.15) is 23.1 Å². The predicted molar refractivity (Wildman–Crippen MR) is 125 cm³/mol. The maximum atomic E-state index is 12.5. The van der Waals surface area contributed by atoms with Gasteiger partial charge in [0, 0.05) is 22.7 Å². The van der Waals surface area contributed by atoms with E-state index >= 15 is 0 Å². The number of ether oxygens (including phenoxy) is 1. The summed E-state index contributed by atoms with van der Waals surface area (Å²) in [4.78, 5) is 13.3. The highest BCUT2D eigenvalue weighted by atomic mass is 35.5. The van der Waals surface area contributed by atoms with Gasteiger partial charge in [0.1, 0.15) is 10.8 Å². The van der Waals surface area contributed by atoms with Crippen molar-refractivity contribution in [2.75, 3.05) is 12.4 Å². The highest BCUT2D eigenvalue weighted by molar-refractivity contribution is 7.80. The zero-order valence-corrected chi connectivity index (χ0v) is 18.9. The fourth-order valence-electron chi connectivity index (χ4n) is 2.88. The molecule has 4 aromatic rings. The van der Waals surface area contributed by atoms with E-state index in [0.29, 0.717) is 16.3 Å². The molecule has 2 aromatic heterocycles. The number of aryl methyl sites for hydroxylation is 1. The third-order valence-corrected chi connectivity index (χ3v) is 5.78. The number of methoxy groups -OCH3 is 1. The van der Waals surface area contributed by atoms with Gasteiger partial charge in [-0.25, -0.2) is 0 Å². The molecule has 2 heterocycles. The van der Waals surface area contributed by atoms with Gasteiger partial charge < -0.3 is 10.1 Å². The molecule has 0 aliphatic carbocycles. The van der Waals surface area contributed by atoms with E-state index in [-0.39, 0.29) is 5.11 Å². The van der Waals surface area contributed by atoms with Crippen molar-refractivity contribution in [2.24, 2.45) is 0 Å². The smallest absolute Gasteiger partial charge is 0.261 e. The van der Waals surface area contributed by atoms with Crippen LogP contribution in [0.3, 0.4) is 0 Å². The number of aromatic nitrogens is 4. The fraction of sp³-hybridized carbons (Fsp3) is 0.150. The van der Waals surface area contributed by atoms with E-state index in [9.17, 15) is 4.79 Å². The Morgan fingerprint density at radius 2 is 2.00 bits per heavy atom. The van der Waals surface area contributed by atoms with Crippen molar-refractivity contribution in [3.63, 3.8) is 0 Å². The van der Waals surface area contributed by atoms with Crippen molar-refractivity contribution < 1.29 is 9.53 Å². The van der Waals surface area contributed by atoms with Crippen molar-refractivity contribution >= 4 is 56.8 Å². The van der Waals surface area contributed by atoms with Gasteiger partial charge in [-0.15, -0.1) is 10.2 Å². The Hall–Kier alpha value is -3.08. The van der Waals surface area contributed by atoms with Crippen LogP contribution in [0.4, 0.5) is 5.69 Å². The molecule has 2 N–H and O–H groups in total. The Balaban J connectivity index is 1.43. The fourth-order valence-corrected chi connectivity index (χ4v) is 4.13. The maximum absolute atomic E-state index is 12.5. The molecule has 0 aliphatic rings. The normalized spacial score (nSPS) is 10.8. The molecule has 8 nitrogen and oxygen atoms in total. The Bertz CT molecular complexity index is 1270. The molecule has 4 rings (SSSR count). The molecule has 158 valence electrons.